The fourth-order valence-electron chi connectivity index (χ4n) is 1.61. The Morgan fingerprint density at radius 2 is 2.27 bits per heavy atom. The number of para-hydroxylation sites is 1. The molecule has 0 fully saturated rings. The van der Waals surface area contributed by atoms with Gasteiger partial charge in [-0.2, -0.15) is 0 Å². The lowest BCUT2D eigenvalue weighted by molar-refractivity contribution is 0.869. The highest BCUT2D eigenvalue weighted by molar-refractivity contribution is 5.80. The third kappa shape index (κ3) is 1.76. The molecule has 0 aliphatic carbocycles. The molecule has 1 heterocycles. The molecule has 15 heavy (non-hydrogen) atoms. The minimum atomic E-state index is -0.0906. The lowest BCUT2D eigenvalue weighted by Gasteiger charge is -2.03. The zero-order chi connectivity index (χ0) is 10.8. The van der Waals surface area contributed by atoms with Crippen LogP contribution in [-0.4, -0.2) is 16.5 Å². The predicted molar refractivity (Wildman–Crippen MR) is 59.9 cm³/mol. The van der Waals surface area contributed by atoms with E-state index in [0.29, 0.717) is 24.2 Å². The molecule has 0 spiro atoms. The van der Waals surface area contributed by atoms with Crippen molar-refractivity contribution in [2.45, 2.75) is 13.3 Å². The number of aromatic amines is 1. The first kappa shape index (κ1) is 9.86. The van der Waals surface area contributed by atoms with Crippen molar-refractivity contribution in [1.29, 1.82) is 0 Å². The maximum atomic E-state index is 11.7. The third-order valence-electron chi connectivity index (χ3n) is 2.37. The van der Waals surface area contributed by atoms with E-state index in [1.807, 2.05) is 19.1 Å². The molecular formula is C11H13N3O. The van der Waals surface area contributed by atoms with Gasteiger partial charge in [-0.15, -0.1) is 0 Å². The van der Waals surface area contributed by atoms with Gasteiger partial charge in [0.1, 0.15) is 5.82 Å². The van der Waals surface area contributed by atoms with Crippen molar-refractivity contribution in [1.82, 2.24) is 9.97 Å². The van der Waals surface area contributed by atoms with Gasteiger partial charge in [0.25, 0.3) is 5.56 Å². The van der Waals surface area contributed by atoms with E-state index in [-0.39, 0.29) is 5.56 Å². The first-order valence-electron chi connectivity index (χ1n) is 4.91. The molecular weight excluding hydrogens is 190 g/mol. The van der Waals surface area contributed by atoms with Gasteiger partial charge in [-0.3, -0.25) is 4.79 Å². The zero-order valence-corrected chi connectivity index (χ0v) is 8.58. The topological polar surface area (TPSA) is 71.8 Å². The molecule has 2 aromatic rings. The number of nitrogens with one attached hydrogen (secondary N) is 1. The van der Waals surface area contributed by atoms with Crippen LogP contribution in [0.4, 0.5) is 0 Å². The number of nitrogens with two attached hydrogens (primary N) is 1. The molecule has 0 aliphatic heterocycles. The lowest BCUT2D eigenvalue weighted by Crippen LogP contribution is -2.15. The average molecular weight is 203 g/mol. The molecule has 4 nitrogen and oxygen atoms in total. The number of nitrogens with zero attached hydrogens (tertiary/aromatic N) is 1. The summed E-state index contributed by atoms with van der Waals surface area (Å²) in [5, 5.41) is 0.635. The number of hydrogen-bond acceptors (Lipinski definition) is 3. The van der Waals surface area contributed by atoms with E-state index in [1.165, 1.54) is 0 Å². The van der Waals surface area contributed by atoms with Gasteiger partial charge in [-0.05, 0) is 25.1 Å². The Hall–Kier alpha value is -1.68. The van der Waals surface area contributed by atoms with Gasteiger partial charge in [-0.25, -0.2) is 4.98 Å². The minimum absolute atomic E-state index is 0.0906. The molecule has 4 heteroatoms. The molecule has 0 aliphatic rings. The maximum absolute atomic E-state index is 11.7. The highest BCUT2D eigenvalue weighted by Crippen LogP contribution is 2.11. The molecule has 0 atom stereocenters. The van der Waals surface area contributed by atoms with Crippen LogP contribution in [0.5, 0.6) is 0 Å². The van der Waals surface area contributed by atoms with Gasteiger partial charge in [0.15, 0.2) is 0 Å². The number of rotatable bonds is 2. The highest BCUT2D eigenvalue weighted by Gasteiger charge is 2.04. The van der Waals surface area contributed by atoms with Gasteiger partial charge in [0.05, 0.1) is 10.9 Å². The Balaban J connectivity index is 2.74. The second kappa shape index (κ2) is 3.82. The standard InChI is InChI=1S/C11H13N3O/c1-7-3-2-4-8-10(7)13-9(5-6-12)14-11(8)15/h2-4H,5-6,12H2,1H3,(H,13,14,15). The van der Waals surface area contributed by atoms with Crippen LogP contribution >= 0.6 is 0 Å². The second-order valence-electron chi connectivity index (χ2n) is 3.52. The van der Waals surface area contributed by atoms with Crippen molar-refractivity contribution in [3.8, 4) is 0 Å². The van der Waals surface area contributed by atoms with Crippen LogP contribution < -0.4 is 11.3 Å². The van der Waals surface area contributed by atoms with Crippen molar-refractivity contribution in [2.24, 2.45) is 5.73 Å². The van der Waals surface area contributed by atoms with Gasteiger partial charge in [-0.1, -0.05) is 12.1 Å². The summed E-state index contributed by atoms with van der Waals surface area (Å²) in [5.41, 5.74) is 7.12. The average Bonchev–Trinajstić information content (AvgIpc) is 2.20. The minimum Gasteiger partial charge on any atom is -0.330 e. The van der Waals surface area contributed by atoms with E-state index in [4.69, 9.17) is 5.73 Å². The molecule has 1 aromatic heterocycles. The number of hydrogen-bond donors (Lipinski definition) is 2. The third-order valence-corrected chi connectivity index (χ3v) is 2.37. The number of aromatic nitrogens is 2. The summed E-state index contributed by atoms with van der Waals surface area (Å²) in [6.07, 6.45) is 0.597. The van der Waals surface area contributed by atoms with E-state index < -0.39 is 0 Å². The number of fused-ring (bicyclic) bond motifs is 1. The largest absolute Gasteiger partial charge is 0.330 e. The van der Waals surface area contributed by atoms with Crippen LogP contribution in [0.3, 0.4) is 0 Å². The Morgan fingerprint density at radius 1 is 1.47 bits per heavy atom. The first-order chi connectivity index (χ1) is 7.22. The molecule has 0 radical (unpaired) electrons. The van der Waals surface area contributed by atoms with Crippen LogP contribution in [0, 0.1) is 6.92 Å². The highest BCUT2D eigenvalue weighted by atomic mass is 16.1. The monoisotopic (exact) mass is 203 g/mol. The summed E-state index contributed by atoms with van der Waals surface area (Å²) >= 11 is 0. The molecule has 0 amide bonds. The van der Waals surface area contributed by atoms with Crippen LogP contribution in [0.15, 0.2) is 23.0 Å². The van der Waals surface area contributed by atoms with E-state index >= 15 is 0 Å². The number of aryl methyl sites for hydroxylation is 1. The van der Waals surface area contributed by atoms with Crippen LogP contribution in [0.2, 0.25) is 0 Å². The summed E-state index contributed by atoms with van der Waals surface area (Å²) in [4.78, 5) is 18.8. The molecule has 0 unspecified atom stereocenters. The summed E-state index contributed by atoms with van der Waals surface area (Å²) < 4.78 is 0. The van der Waals surface area contributed by atoms with Crippen molar-refractivity contribution < 1.29 is 0 Å². The Bertz CT molecular complexity index is 545. The van der Waals surface area contributed by atoms with Gasteiger partial charge < -0.3 is 10.7 Å². The Labute approximate surface area is 87.1 Å². The molecule has 0 saturated carbocycles. The van der Waals surface area contributed by atoms with E-state index in [0.717, 1.165) is 11.1 Å². The number of benzene rings is 1. The van der Waals surface area contributed by atoms with Crippen LogP contribution in [0.1, 0.15) is 11.4 Å². The van der Waals surface area contributed by atoms with Crippen LogP contribution in [0.25, 0.3) is 10.9 Å². The normalized spacial score (nSPS) is 10.8. The van der Waals surface area contributed by atoms with Crippen molar-refractivity contribution in [3.05, 3.63) is 39.9 Å². The second-order valence-corrected chi connectivity index (χ2v) is 3.52. The fraction of sp³-hybridized carbons (Fsp3) is 0.273. The first-order valence-corrected chi connectivity index (χ1v) is 4.91. The molecule has 0 saturated heterocycles. The van der Waals surface area contributed by atoms with Gasteiger partial charge in [0.2, 0.25) is 0 Å². The van der Waals surface area contributed by atoms with Crippen molar-refractivity contribution >= 4 is 10.9 Å². The molecule has 1 aromatic carbocycles. The van der Waals surface area contributed by atoms with Crippen molar-refractivity contribution in [3.63, 3.8) is 0 Å². The molecule has 3 N–H and O–H groups in total. The summed E-state index contributed by atoms with van der Waals surface area (Å²) in [7, 11) is 0. The summed E-state index contributed by atoms with van der Waals surface area (Å²) in [6.45, 7) is 2.43. The Kier molecular flexibility index (Phi) is 2.51. The molecule has 2 rings (SSSR count). The zero-order valence-electron chi connectivity index (χ0n) is 8.58. The smallest absolute Gasteiger partial charge is 0.258 e. The number of H-pyrrole nitrogens is 1. The summed E-state index contributed by atoms with van der Waals surface area (Å²) in [6, 6.07) is 5.58. The van der Waals surface area contributed by atoms with Gasteiger partial charge in [0, 0.05) is 6.42 Å². The van der Waals surface area contributed by atoms with E-state index in [2.05, 4.69) is 9.97 Å². The quantitative estimate of drug-likeness (QED) is 0.756. The Morgan fingerprint density at radius 3 is 3.00 bits per heavy atom. The van der Waals surface area contributed by atoms with Crippen LogP contribution in [-0.2, 0) is 6.42 Å². The lowest BCUT2D eigenvalue weighted by atomic mass is 10.1. The van der Waals surface area contributed by atoms with E-state index in [9.17, 15) is 4.79 Å². The van der Waals surface area contributed by atoms with Crippen molar-refractivity contribution in [2.75, 3.05) is 6.54 Å². The predicted octanol–water partition coefficient (Wildman–Crippen LogP) is 0.733. The maximum Gasteiger partial charge on any atom is 0.258 e. The fourth-order valence-corrected chi connectivity index (χ4v) is 1.61. The molecule has 78 valence electrons. The van der Waals surface area contributed by atoms with E-state index in [1.54, 1.807) is 6.07 Å². The van der Waals surface area contributed by atoms with Gasteiger partial charge >= 0.3 is 0 Å². The molecule has 0 bridgehead atoms. The summed E-state index contributed by atoms with van der Waals surface area (Å²) in [5.74, 6) is 0.657. The SMILES string of the molecule is Cc1cccc2c(=O)[nH]c(CCN)nc12.